The minimum atomic E-state index is -0.180. The number of pyridine rings is 1. The first-order valence-electron chi connectivity index (χ1n) is 5.79. The molecule has 0 unspecified atom stereocenters. The highest BCUT2D eigenvalue weighted by Gasteiger charge is 2.26. The number of rotatable bonds is 2. The van der Waals surface area contributed by atoms with Crippen LogP contribution in [0, 0.1) is 11.3 Å². The molecule has 1 aliphatic rings. The van der Waals surface area contributed by atoms with E-state index in [9.17, 15) is 4.79 Å². The molecule has 5 N–H and O–H groups in total. The van der Waals surface area contributed by atoms with Crippen LogP contribution in [0.1, 0.15) is 28.1 Å². The fourth-order valence-corrected chi connectivity index (χ4v) is 2.78. The lowest BCUT2D eigenvalue weighted by Crippen LogP contribution is -2.25. The zero-order valence-corrected chi connectivity index (χ0v) is 10.8. The van der Waals surface area contributed by atoms with Crippen LogP contribution in [-0.4, -0.2) is 16.9 Å². The zero-order chi connectivity index (χ0) is 13.6. The van der Waals surface area contributed by atoms with E-state index >= 15 is 0 Å². The van der Waals surface area contributed by atoms with E-state index in [-0.39, 0.29) is 23.3 Å². The van der Waals surface area contributed by atoms with Crippen LogP contribution in [0.5, 0.6) is 0 Å². The minimum Gasteiger partial charge on any atom is -0.397 e. The maximum atomic E-state index is 12.0. The lowest BCUT2D eigenvalue weighted by atomic mass is 10.2. The summed E-state index contributed by atoms with van der Waals surface area (Å²) in [7, 11) is 0. The van der Waals surface area contributed by atoms with Crippen LogP contribution >= 0.6 is 11.3 Å². The van der Waals surface area contributed by atoms with Crippen molar-refractivity contribution in [3.63, 3.8) is 0 Å². The molecule has 19 heavy (non-hydrogen) atoms. The maximum absolute atomic E-state index is 12.0. The van der Waals surface area contributed by atoms with Crippen LogP contribution < -0.4 is 16.8 Å². The third-order valence-corrected chi connectivity index (χ3v) is 4.10. The summed E-state index contributed by atoms with van der Waals surface area (Å²) >= 11 is 1.20. The molecule has 1 aliphatic carbocycles. The monoisotopic (exact) mass is 273 g/mol. The first-order chi connectivity index (χ1) is 9.10. The van der Waals surface area contributed by atoms with Gasteiger partial charge in [-0.1, -0.05) is 0 Å². The van der Waals surface area contributed by atoms with Gasteiger partial charge in [0, 0.05) is 11.4 Å². The number of anilines is 2. The van der Waals surface area contributed by atoms with E-state index in [0.29, 0.717) is 20.8 Å². The lowest BCUT2D eigenvalue weighted by Gasteiger charge is -2.01. The van der Waals surface area contributed by atoms with E-state index in [1.165, 1.54) is 11.3 Å². The van der Waals surface area contributed by atoms with Crippen molar-refractivity contribution in [2.45, 2.75) is 18.9 Å². The number of amides is 1. The Labute approximate surface area is 113 Å². The third kappa shape index (κ3) is 1.96. The van der Waals surface area contributed by atoms with Crippen molar-refractivity contribution in [1.82, 2.24) is 10.3 Å². The molecule has 0 bridgehead atoms. The van der Waals surface area contributed by atoms with Crippen LogP contribution in [0.2, 0.25) is 0 Å². The number of fused-ring (bicyclic) bond motifs is 1. The van der Waals surface area contributed by atoms with Gasteiger partial charge in [-0.15, -0.1) is 11.3 Å². The molecule has 0 aromatic carbocycles. The van der Waals surface area contributed by atoms with E-state index in [4.69, 9.17) is 16.7 Å². The number of nitrogen functional groups attached to an aromatic ring is 2. The molecule has 2 aromatic heterocycles. The number of nitriles is 1. The van der Waals surface area contributed by atoms with Crippen molar-refractivity contribution < 1.29 is 4.79 Å². The number of aromatic nitrogens is 1. The normalized spacial score (nSPS) is 14.3. The predicted octanol–water partition coefficient (Wildman–Crippen LogP) is 1.22. The highest BCUT2D eigenvalue weighted by Crippen LogP contribution is 2.34. The Balaban J connectivity index is 2.09. The van der Waals surface area contributed by atoms with Gasteiger partial charge in [0.1, 0.15) is 21.6 Å². The smallest absolute Gasteiger partial charge is 0.263 e. The van der Waals surface area contributed by atoms with Gasteiger partial charge in [-0.2, -0.15) is 5.26 Å². The maximum Gasteiger partial charge on any atom is 0.263 e. The molecular formula is C12H11N5OS. The molecule has 0 spiro atoms. The van der Waals surface area contributed by atoms with E-state index in [2.05, 4.69) is 10.3 Å². The molecule has 7 heteroatoms. The minimum absolute atomic E-state index is 0.158. The van der Waals surface area contributed by atoms with Crippen molar-refractivity contribution in [3.05, 3.63) is 16.5 Å². The van der Waals surface area contributed by atoms with E-state index < -0.39 is 0 Å². The molecule has 0 radical (unpaired) electrons. The lowest BCUT2D eigenvalue weighted by molar-refractivity contribution is 0.0956. The van der Waals surface area contributed by atoms with Crippen molar-refractivity contribution in [2.24, 2.45) is 0 Å². The molecule has 0 saturated heterocycles. The molecular weight excluding hydrogens is 262 g/mol. The van der Waals surface area contributed by atoms with Gasteiger partial charge in [0.25, 0.3) is 5.91 Å². The molecule has 1 amide bonds. The molecule has 0 aliphatic heterocycles. The number of nitrogens with two attached hydrogens (primary N) is 2. The zero-order valence-electron chi connectivity index (χ0n) is 9.93. The highest BCUT2D eigenvalue weighted by atomic mass is 32.1. The SMILES string of the molecule is N#Cc1cc2c(N)c(C(=O)NC3CC3)sc2nc1N. The van der Waals surface area contributed by atoms with Gasteiger partial charge in [-0.05, 0) is 18.9 Å². The Bertz CT molecular complexity index is 726. The Morgan fingerprint density at radius 2 is 2.26 bits per heavy atom. The summed E-state index contributed by atoms with van der Waals surface area (Å²) in [4.78, 5) is 17.2. The number of thiophene rings is 1. The molecule has 1 fully saturated rings. The van der Waals surface area contributed by atoms with E-state index in [0.717, 1.165) is 12.8 Å². The van der Waals surface area contributed by atoms with Crippen LogP contribution in [0.15, 0.2) is 6.07 Å². The average Bonchev–Trinajstić information content (AvgIpc) is 3.13. The van der Waals surface area contributed by atoms with Crippen LogP contribution in [-0.2, 0) is 0 Å². The highest BCUT2D eigenvalue weighted by molar-refractivity contribution is 7.21. The fraction of sp³-hybridized carbons (Fsp3) is 0.250. The molecule has 0 atom stereocenters. The van der Waals surface area contributed by atoms with Crippen molar-refractivity contribution >= 4 is 39.0 Å². The predicted molar refractivity (Wildman–Crippen MR) is 73.6 cm³/mol. The molecule has 3 rings (SSSR count). The van der Waals surface area contributed by atoms with Gasteiger partial charge in [-0.3, -0.25) is 4.79 Å². The number of carbonyl (C=O) groups is 1. The number of nitrogens with one attached hydrogen (secondary N) is 1. The third-order valence-electron chi connectivity index (χ3n) is 2.99. The van der Waals surface area contributed by atoms with Crippen LogP contribution in [0.3, 0.4) is 0 Å². The second-order valence-electron chi connectivity index (χ2n) is 4.48. The summed E-state index contributed by atoms with van der Waals surface area (Å²) in [5.74, 6) is -0.0227. The second kappa shape index (κ2) is 4.10. The Hall–Kier alpha value is -2.33. The summed E-state index contributed by atoms with van der Waals surface area (Å²) in [6.07, 6.45) is 2.03. The molecule has 2 aromatic rings. The number of hydrogen-bond donors (Lipinski definition) is 3. The Kier molecular flexibility index (Phi) is 2.54. The van der Waals surface area contributed by atoms with Crippen molar-refractivity contribution in [2.75, 3.05) is 11.5 Å². The van der Waals surface area contributed by atoms with E-state index in [1.807, 2.05) is 6.07 Å². The van der Waals surface area contributed by atoms with Gasteiger partial charge in [-0.25, -0.2) is 4.98 Å². The fourth-order valence-electron chi connectivity index (χ4n) is 1.79. The van der Waals surface area contributed by atoms with Gasteiger partial charge >= 0.3 is 0 Å². The van der Waals surface area contributed by atoms with Gasteiger partial charge in [0.05, 0.1) is 11.3 Å². The first kappa shape index (κ1) is 11.7. The Morgan fingerprint density at radius 1 is 1.53 bits per heavy atom. The summed E-state index contributed by atoms with van der Waals surface area (Å²) in [5, 5.41) is 12.4. The van der Waals surface area contributed by atoms with Gasteiger partial charge in [0.15, 0.2) is 0 Å². The standard InChI is InChI=1S/C12H11N5OS/c13-4-5-3-7-8(14)9(11(18)16-6-1-2-6)19-12(7)17-10(5)15/h3,6H,1-2,14H2,(H2,15,17)(H,16,18). The number of carbonyl (C=O) groups excluding carboxylic acids is 1. The molecule has 1 saturated carbocycles. The van der Waals surface area contributed by atoms with Crippen molar-refractivity contribution in [1.29, 1.82) is 5.26 Å². The van der Waals surface area contributed by atoms with Gasteiger partial charge in [0.2, 0.25) is 0 Å². The summed E-state index contributed by atoms with van der Waals surface area (Å²) in [5.41, 5.74) is 12.3. The molecule has 2 heterocycles. The quantitative estimate of drug-likeness (QED) is 0.760. The molecule has 6 nitrogen and oxygen atoms in total. The largest absolute Gasteiger partial charge is 0.397 e. The number of nitrogens with zero attached hydrogens (tertiary/aromatic N) is 2. The molecule has 96 valence electrons. The van der Waals surface area contributed by atoms with Crippen LogP contribution in [0.25, 0.3) is 10.2 Å². The van der Waals surface area contributed by atoms with E-state index in [1.54, 1.807) is 6.07 Å². The topological polar surface area (TPSA) is 118 Å². The average molecular weight is 273 g/mol. The first-order valence-corrected chi connectivity index (χ1v) is 6.61. The Morgan fingerprint density at radius 3 is 2.89 bits per heavy atom. The van der Waals surface area contributed by atoms with Crippen molar-refractivity contribution in [3.8, 4) is 6.07 Å². The summed E-state index contributed by atoms with van der Waals surface area (Å²) in [6, 6.07) is 3.81. The summed E-state index contributed by atoms with van der Waals surface area (Å²) < 4.78 is 0. The van der Waals surface area contributed by atoms with Gasteiger partial charge < -0.3 is 16.8 Å². The van der Waals surface area contributed by atoms with Crippen LogP contribution in [0.4, 0.5) is 11.5 Å². The number of hydrogen-bond acceptors (Lipinski definition) is 6. The summed E-state index contributed by atoms with van der Waals surface area (Å²) in [6.45, 7) is 0. The second-order valence-corrected chi connectivity index (χ2v) is 5.48.